The smallest absolute Gasteiger partial charge is 0.284 e. The topological polar surface area (TPSA) is 78.4 Å². The Bertz CT molecular complexity index is 659. The number of hydroxylamine groups is 1. The van der Waals surface area contributed by atoms with Crippen LogP contribution in [0.5, 0.6) is 0 Å². The second-order valence-electron chi connectivity index (χ2n) is 4.78. The highest BCUT2D eigenvalue weighted by molar-refractivity contribution is 7.15. The van der Waals surface area contributed by atoms with Gasteiger partial charge in [0.05, 0.1) is 9.75 Å². The normalized spacial score (nSPS) is 10.2. The first-order valence-corrected chi connectivity index (χ1v) is 7.21. The van der Waals surface area contributed by atoms with Crippen LogP contribution >= 0.6 is 11.3 Å². The third kappa shape index (κ3) is 3.90. The zero-order chi connectivity index (χ0) is 15.4. The van der Waals surface area contributed by atoms with Crippen LogP contribution in [0.2, 0.25) is 0 Å². The number of aryl methyl sites for hydroxylation is 2. The van der Waals surface area contributed by atoms with Crippen molar-refractivity contribution in [2.45, 2.75) is 20.4 Å². The van der Waals surface area contributed by atoms with Crippen molar-refractivity contribution in [3.8, 4) is 0 Å². The summed E-state index contributed by atoms with van der Waals surface area (Å²) in [6.45, 7) is 4.45. The van der Waals surface area contributed by atoms with Crippen LogP contribution in [0, 0.1) is 13.8 Å². The molecule has 1 heterocycles. The fraction of sp³-hybridized carbons (Fsp3) is 0.200. The van der Waals surface area contributed by atoms with Gasteiger partial charge in [0, 0.05) is 6.54 Å². The summed E-state index contributed by atoms with van der Waals surface area (Å²) in [6, 6.07) is 9.18. The maximum atomic E-state index is 12.0. The number of carbonyl (C=O) groups is 2. The Morgan fingerprint density at radius 2 is 1.62 bits per heavy atom. The second kappa shape index (κ2) is 6.51. The molecule has 1 aromatic heterocycles. The standard InChI is InChI=1S/C15H16N2O3S/c1-9-5-10(2)7-11(6-9)8-16-14(18)12-3-4-13(21-12)15(19)17-20/h3-7,20H,8H2,1-2H3,(H,16,18)(H,17,19). The molecule has 0 spiro atoms. The van der Waals surface area contributed by atoms with Crippen molar-refractivity contribution in [2.24, 2.45) is 0 Å². The van der Waals surface area contributed by atoms with Gasteiger partial charge in [0.15, 0.2) is 0 Å². The predicted molar refractivity (Wildman–Crippen MR) is 80.7 cm³/mol. The minimum atomic E-state index is -0.617. The molecule has 21 heavy (non-hydrogen) atoms. The molecular formula is C15H16N2O3S. The number of carbonyl (C=O) groups excluding carboxylic acids is 2. The van der Waals surface area contributed by atoms with Crippen molar-refractivity contribution < 1.29 is 14.8 Å². The van der Waals surface area contributed by atoms with Crippen LogP contribution in [-0.2, 0) is 6.54 Å². The van der Waals surface area contributed by atoms with E-state index in [4.69, 9.17) is 5.21 Å². The van der Waals surface area contributed by atoms with Gasteiger partial charge in [-0.3, -0.25) is 14.8 Å². The molecule has 110 valence electrons. The number of rotatable bonds is 4. The van der Waals surface area contributed by atoms with Gasteiger partial charge in [-0.2, -0.15) is 0 Å². The lowest BCUT2D eigenvalue weighted by molar-refractivity contribution is 0.0711. The maximum Gasteiger partial charge on any atom is 0.284 e. The van der Waals surface area contributed by atoms with E-state index in [9.17, 15) is 9.59 Å². The Kier molecular flexibility index (Phi) is 4.72. The highest BCUT2D eigenvalue weighted by Gasteiger charge is 2.13. The molecule has 0 saturated carbocycles. The molecule has 0 unspecified atom stereocenters. The van der Waals surface area contributed by atoms with Crippen LogP contribution in [0.25, 0.3) is 0 Å². The summed E-state index contributed by atoms with van der Waals surface area (Å²) >= 11 is 1.03. The molecule has 5 nitrogen and oxygen atoms in total. The number of thiophene rings is 1. The van der Waals surface area contributed by atoms with Crippen LogP contribution < -0.4 is 10.8 Å². The number of hydrogen-bond acceptors (Lipinski definition) is 4. The lowest BCUT2D eigenvalue weighted by Crippen LogP contribution is -2.22. The van der Waals surface area contributed by atoms with E-state index in [1.54, 1.807) is 11.5 Å². The molecule has 0 bridgehead atoms. The van der Waals surface area contributed by atoms with Crippen molar-refractivity contribution in [1.29, 1.82) is 0 Å². The lowest BCUT2D eigenvalue weighted by atomic mass is 10.1. The summed E-state index contributed by atoms with van der Waals surface area (Å²) in [4.78, 5) is 24.0. The molecule has 0 aliphatic carbocycles. The van der Waals surface area contributed by atoms with Gasteiger partial charge in [0.1, 0.15) is 0 Å². The molecular weight excluding hydrogens is 288 g/mol. The summed E-state index contributed by atoms with van der Waals surface area (Å²) < 4.78 is 0. The van der Waals surface area contributed by atoms with Gasteiger partial charge in [-0.05, 0) is 31.5 Å². The molecule has 1 aromatic carbocycles. The molecule has 2 aromatic rings. The molecule has 0 fully saturated rings. The first kappa shape index (κ1) is 15.2. The minimum Gasteiger partial charge on any atom is -0.347 e. The van der Waals surface area contributed by atoms with Gasteiger partial charge in [0.2, 0.25) is 0 Å². The summed E-state index contributed by atoms with van der Waals surface area (Å²) in [5.41, 5.74) is 4.88. The van der Waals surface area contributed by atoms with Gasteiger partial charge >= 0.3 is 0 Å². The van der Waals surface area contributed by atoms with Crippen LogP contribution in [-0.4, -0.2) is 17.0 Å². The van der Waals surface area contributed by atoms with Crippen LogP contribution in [0.3, 0.4) is 0 Å². The van der Waals surface area contributed by atoms with Crippen molar-refractivity contribution >= 4 is 23.2 Å². The maximum absolute atomic E-state index is 12.0. The molecule has 2 amide bonds. The van der Waals surface area contributed by atoms with Gasteiger partial charge in [0.25, 0.3) is 11.8 Å². The zero-order valence-corrected chi connectivity index (χ0v) is 12.6. The van der Waals surface area contributed by atoms with E-state index < -0.39 is 5.91 Å². The van der Waals surface area contributed by atoms with Crippen LogP contribution in [0.1, 0.15) is 36.0 Å². The fourth-order valence-corrected chi connectivity index (χ4v) is 2.89. The third-order valence-electron chi connectivity index (χ3n) is 2.89. The van der Waals surface area contributed by atoms with Gasteiger partial charge in [-0.25, -0.2) is 5.48 Å². The molecule has 0 saturated heterocycles. The van der Waals surface area contributed by atoms with Gasteiger partial charge in [-0.15, -0.1) is 11.3 Å². The molecule has 0 radical (unpaired) electrons. The first-order chi connectivity index (χ1) is 9.99. The minimum absolute atomic E-state index is 0.240. The monoisotopic (exact) mass is 304 g/mol. The van der Waals surface area contributed by atoms with Gasteiger partial charge < -0.3 is 5.32 Å². The van der Waals surface area contributed by atoms with E-state index in [0.29, 0.717) is 11.4 Å². The van der Waals surface area contributed by atoms with E-state index in [1.165, 1.54) is 6.07 Å². The van der Waals surface area contributed by atoms with E-state index in [-0.39, 0.29) is 10.8 Å². The van der Waals surface area contributed by atoms with Gasteiger partial charge in [-0.1, -0.05) is 29.3 Å². The Morgan fingerprint density at radius 1 is 1.05 bits per heavy atom. The van der Waals surface area contributed by atoms with Crippen LogP contribution in [0.15, 0.2) is 30.3 Å². The quantitative estimate of drug-likeness (QED) is 0.599. The Morgan fingerprint density at radius 3 is 2.19 bits per heavy atom. The highest BCUT2D eigenvalue weighted by atomic mass is 32.1. The summed E-state index contributed by atoms with van der Waals surface area (Å²) in [6.07, 6.45) is 0. The van der Waals surface area contributed by atoms with Crippen molar-refractivity contribution in [3.05, 3.63) is 56.8 Å². The Balaban J connectivity index is 2.01. The molecule has 3 N–H and O–H groups in total. The molecule has 0 aliphatic rings. The van der Waals surface area contributed by atoms with E-state index >= 15 is 0 Å². The predicted octanol–water partition coefficient (Wildman–Crippen LogP) is 2.41. The average Bonchev–Trinajstić information content (AvgIpc) is 2.92. The number of amides is 2. The van der Waals surface area contributed by atoms with E-state index in [1.807, 2.05) is 26.0 Å². The number of hydrogen-bond donors (Lipinski definition) is 3. The number of nitrogens with one attached hydrogen (secondary N) is 2. The van der Waals surface area contributed by atoms with Crippen molar-refractivity contribution in [3.63, 3.8) is 0 Å². The second-order valence-corrected chi connectivity index (χ2v) is 5.87. The summed E-state index contributed by atoms with van der Waals surface area (Å²) in [7, 11) is 0. The molecule has 2 rings (SSSR count). The molecule has 0 atom stereocenters. The Hall–Kier alpha value is -2.18. The SMILES string of the molecule is Cc1cc(C)cc(CNC(=O)c2ccc(C(=O)NO)s2)c1. The van der Waals surface area contributed by atoms with E-state index in [0.717, 1.165) is 28.0 Å². The third-order valence-corrected chi connectivity index (χ3v) is 3.97. The Labute approximate surface area is 126 Å². The lowest BCUT2D eigenvalue weighted by Gasteiger charge is -2.06. The average molecular weight is 304 g/mol. The van der Waals surface area contributed by atoms with E-state index in [2.05, 4.69) is 11.4 Å². The summed E-state index contributed by atoms with van der Waals surface area (Å²) in [5.74, 6) is -0.857. The summed E-state index contributed by atoms with van der Waals surface area (Å²) in [5, 5.41) is 11.4. The zero-order valence-electron chi connectivity index (χ0n) is 11.8. The molecule has 6 heteroatoms. The fourth-order valence-electron chi connectivity index (χ4n) is 2.08. The van der Waals surface area contributed by atoms with Crippen molar-refractivity contribution in [1.82, 2.24) is 10.8 Å². The van der Waals surface area contributed by atoms with Crippen molar-refractivity contribution in [2.75, 3.05) is 0 Å². The largest absolute Gasteiger partial charge is 0.347 e. The van der Waals surface area contributed by atoms with Crippen LogP contribution in [0.4, 0.5) is 0 Å². The number of benzene rings is 1. The first-order valence-electron chi connectivity index (χ1n) is 6.39. The molecule has 0 aliphatic heterocycles. The highest BCUT2D eigenvalue weighted by Crippen LogP contribution is 2.16.